The highest BCUT2D eigenvalue weighted by atomic mass is 79.9. The molecule has 0 saturated heterocycles. The minimum Gasteiger partial charge on any atom is -0.465 e. The molecule has 3 aromatic carbocycles. The molecule has 0 bridgehead atoms. The summed E-state index contributed by atoms with van der Waals surface area (Å²) >= 11 is 7.02. The van der Waals surface area contributed by atoms with Crippen LogP contribution in [-0.4, -0.2) is 22.9 Å². The molecule has 6 heteroatoms. The van der Waals surface area contributed by atoms with Crippen molar-refractivity contribution in [1.82, 2.24) is 9.78 Å². The quantitative estimate of drug-likeness (QED) is 0.259. The normalized spacial score (nSPS) is 10.8. The number of hydrogen-bond acceptors (Lipinski definition) is 3. The first-order valence-corrected chi connectivity index (χ1v) is 11.3. The van der Waals surface area contributed by atoms with Crippen molar-refractivity contribution in [2.75, 3.05) is 7.11 Å². The third-order valence-electron chi connectivity index (χ3n) is 5.13. The van der Waals surface area contributed by atoms with Crippen LogP contribution in [0.5, 0.6) is 0 Å². The SMILES string of the molecule is COC(=O)c1ccc(Cn2nc(-c3ccc(Br)cc3)c(C)c2-c2ccc(Br)cc2)cc1. The third kappa shape index (κ3) is 4.65. The molecule has 1 aromatic heterocycles. The topological polar surface area (TPSA) is 44.1 Å². The summed E-state index contributed by atoms with van der Waals surface area (Å²) in [5.74, 6) is -0.338. The molecule has 0 aliphatic carbocycles. The van der Waals surface area contributed by atoms with Gasteiger partial charge in [0.2, 0.25) is 0 Å². The Morgan fingerprint density at radius 3 is 1.97 bits per heavy atom. The van der Waals surface area contributed by atoms with E-state index in [1.54, 1.807) is 12.1 Å². The molecule has 0 aliphatic rings. The monoisotopic (exact) mass is 538 g/mol. The number of nitrogens with zero attached hydrogens (tertiary/aromatic N) is 2. The van der Waals surface area contributed by atoms with Crippen molar-refractivity contribution >= 4 is 37.8 Å². The van der Waals surface area contributed by atoms with Crippen molar-refractivity contribution in [2.24, 2.45) is 0 Å². The van der Waals surface area contributed by atoms with E-state index in [1.807, 2.05) is 41.1 Å². The van der Waals surface area contributed by atoms with Gasteiger partial charge in [0.15, 0.2) is 0 Å². The second-order valence-corrected chi connectivity index (χ2v) is 9.01. The number of carbonyl (C=O) groups excluding carboxylic acids is 1. The summed E-state index contributed by atoms with van der Waals surface area (Å²) in [6, 6.07) is 23.9. The third-order valence-corrected chi connectivity index (χ3v) is 6.19. The summed E-state index contributed by atoms with van der Waals surface area (Å²) < 4.78 is 8.89. The maximum absolute atomic E-state index is 11.7. The Kier molecular flexibility index (Phi) is 6.39. The summed E-state index contributed by atoms with van der Waals surface area (Å²) in [7, 11) is 1.39. The largest absolute Gasteiger partial charge is 0.465 e. The summed E-state index contributed by atoms with van der Waals surface area (Å²) in [4.78, 5) is 11.7. The fraction of sp³-hybridized carbons (Fsp3) is 0.120. The van der Waals surface area contributed by atoms with Gasteiger partial charge in [0.25, 0.3) is 0 Å². The van der Waals surface area contributed by atoms with Gasteiger partial charge in [0, 0.05) is 25.6 Å². The standard InChI is InChI=1S/C25H20Br2N2O2/c1-16-23(18-7-11-21(26)12-8-18)28-29(24(16)19-9-13-22(27)14-10-19)15-17-3-5-20(6-4-17)25(30)31-2/h3-14H,15H2,1-2H3. The van der Waals surface area contributed by atoms with Crippen LogP contribution in [0.1, 0.15) is 21.5 Å². The predicted octanol–water partition coefficient (Wildman–Crippen LogP) is 6.89. The minimum atomic E-state index is -0.338. The zero-order valence-electron chi connectivity index (χ0n) is 17.1. The molecule has 156 valence electrons. The Morgan fingerprint density at radius 2 is 1.42 bits per heavy atom. The van der Waals surface area contributed by atoms with Crippen molar-refractivity contribution in [1.29, 1.82) is 0 Å². The second-order valence-electron chi connectivity index (χ2n) is 7.18. The van der Waals surface area contributed by atoms with Gasteiger partial charge in [-0.05, 0) is 48.9 Å². The molecule has 4 aromatic rings. The highest BCUT2D eigenvalue weighted by Crippen LogP contribution is 2.33. The maximum atomic E-state index is 11.7. The van der Waals surface area contributed by atoms with Gasteiger partial charge in [0.1, 0.15) is 0 Å². The lowest BCUT2D eigenvalue weighted by Gasteiger charge is -2.10. The number of esters is 1. The van der Waals surface area contributed by atoms with E-state index in [0.29, 0.717) is 12.1 Å². The van der Waals surface area contributed by atoms with Gasteiger partial charge < -0.3 is 4.74 Å². The van der Waals surface area contributed by atoms with E-state index in [-0.39, 0.29) is 5.97 Å². The first kappa shape index (κ1) is 21.5. The number of ether oxygens (including phenoxy) is 1. The van der Waals surface area contributed by atoms with Crippen LogP contribution in [-0.2, 0) is 11.3 Å². The average molecular weight is 540 g/mol. The van der Waals surface area contributed by atoms with E-state index in [1.165, 1.54) is 7.11 Å². The number of carbonyl (C=O) groups is 1. The van der Waals surface area contributed by atoms with Gasteiger partial charge in [-0.25, -0.2) is 4.79 Å². The molecule has 0 saturated carbocycles. The molecule has 0 spiro atoms. The molecular weight excluding hydrogens is 520 g/mol. The lowest BCUT2D eigenvalue weighted by molar-refractivity contribution is 0.0600. The van der Waals surface area contributed by atoms with E-state index >= 15 is 0 Å². The van der Waals surface area contributed by atoms with Gasteiger partial charge in [-0.15, -0.1) is 0 Å². The zero-order chi connectivity index (χ0) is 22.0. The average Bonchev–Trinajstić information content (AvgIpc) is 3.10. The Balaban J connectivity index is 1.78. The van der Waals surface area contributed by atoms with Crippen LogP contribution in [0.3, 0.4) is 0 Å². The lowest BCUT2D eigenvalue weighted by atomic mass is 10.0. The highest BCUT2D eigenvalue weighted by molar-refractivity contribution is 9.10. The molecule has 0 aliphatic heterocycles. The van der Waals surface area contributed by atoms with E-state index in [9.17, 15) is 4.79 Å². The van der Waals surface area contributed by atoms with E-state index in [4.69, 9.17) is 9.84 Å². The van der Waals surface area contributed by atoms with Crippen LogP contribution < -0.4 is 0 Å². The van der Waals surface area contributed by atoms with Gasteiger partial charge in [0.05, 0.1) is 30.6 Å². The molecule has 4 rings (SSSR count). The van der Waals surface area contributed by atoms with Crippen LogP contribution in [0, 0.1) is 6.92 Å². The first-order valence-electron chi connectivity index (χ1n) is 9.73. The van der Waals surface area contributed by atoms with Crippen molar-refractivity contribution in [3.05, 3.63) is 98.4 Å². The molecule has 0 radical (unpaired) electrons. The minimum absolute atomic E-state index is 0.338. The van der Waals surface area contributed by atoms with Crippen LogP contribution in [0.15, 0.2) is 81.7 Å². The number of aromatic nitrogens is 2. The first-order chi connectivity index (χ1) is 15.0. The molecule has 1 heterocycles. The summed E-state index contributed by atoms with van der Waals surface area (Å²) in [6.45, 7) is 2.70. The van der Waals surface area contributed by atoms with Gasteiger partial charge in [-0.2, -0.15) is 5.10 Å². The van der Waals surface area contributed by atoms with Crippen molar-refractivity contribution in [2.45, 2.75) is 13.5 Å². The Bertz CT molecular complexity index is 1210. The summed E-state index contributed by atoms with van der Waals surface area (Å²) in [5.41, 5.74) is 6.90. The van der Waals surface area contributed by atoms with Gasteiger partial charge in [-0.1, -0.05) is 68.3 Å². The smallest absolute Gasteiger partial charge is 0.337 e. The lowest BCUT2D eigenvalue weighted by Crippen LogP contribution is -2.05. The van der Waals surface area contributed by atoms with Crippen LogP contribution in [0.4, 0.5) is 0 Å². The number of methoxy groups -OCH3 is 1. The van der Waals surface area contributed by atoms with Crippen LogP contribution >= 0.6 is 31.9 Å². The molecule has 0 N–H and O–H groups in total. The molecular formula is C25H20Br2N2O2. The maximum Gasteiger partial charge on any atom is 0.337 e. The molecule has 31 heavy (non-hydrogen) atoms. The number of rotatable bonds is 5. The fourth-order valence-corrected chi connectivity index (χ4v) is 4.09. The number of halogens is 2. The molecule has 0 atom stereocenters. The Morgan fingerprint density at radius 1 is 0.871 bits per heavy atom. The number of benzene rings is 3. The van der Waals surface area contributed by atoms with E-state index in [2.05, 4.69) is 63.0 Å². The molecule has 0 unspecified atom stereocenters. The highest BCUT2D eigenvalue weighted by Gasteiger charge is 2.18. The van der Waals surface area contributed by atoms with Crippen LogP contribution in [0.2, 0.25) is 0 Å². The fourth-order valence-electron chi connectivity index (χ4n) is 3.56. The summed E-state index contributed by atoms with van der Waals surface area (Å²) in [5, 5.41) is 4.98. The molecule has 0 fully saturated rings. The second kappa shape index (κ2) is 9.20. The van der Waals surface area contributed by atoms with Gasteiger partial charge in [-0.3, -0.25) is 4.68 Å². The Hall–Kier alpha value is -2.70. The van der Waals surface area contributed by atoms with Crippen molar-refractivity contribution in [3.63, 3.8) is 0 Å². The van der Waals surface area contributed by atoms with Crippen molar-refractivity contribution in [3.8, 4) is 22.5 Å². The number of hydrogen-bond donors (Lipinski definition) is 0. The predicted molar refractivity (Wildman–Crippen MR) is 130 cm³/mol. The molecule has 0 amide bonds. The summed E-state index contributed by atoms with van der Waals surface area (Å²) in [6.07, 6.45) is 0. The van der Waals surface area contributed by atoms with Crippen molar-refractivity contribution < 1.29 is 9.53 Å². The molecule has 4 nitrogen and oxygen atoms in total. The van der Waals surface area contributed by atoms with Crippen LogP contribution in [0.25, 0.3) is 22.5 Å². The Labute approximate surface area is 198 Å². The zero-order valence-corrected chi connectivity index (χ0v) is 20.3. The van der Waals surface area contributed by atoms with Gasteiger partial charge >= 0.3 is 5.97 Å². The van der Waals surface area contributed by atoms with E-state index < -0.39 is 0 Å². The van der Waals surface area contributed by atoms with E-state index in [0.717, 1.165) is 42.6 Å².